The van der Waals surface area contributed by atoms with E-state index in [4.69, 9.17) is 0 Å². The first-order valence-electron chi connectivity index (χ1n) is 10.7. The molecule has 0 bridgehead atoms. The van der Waals surface area contributed by atoms with Crippen LogP contribution in [0.5, 0.6) is 0 Å². The lowest BCUT2D eigenvalue weighted by atomic mass is 9.76. The summed E-state index contributed by atoms with van der Waals surface area (Å²) in [7, 11) is 0. The average Bonchev–Trinajstić information content (AvgIpc) is 3.32. The van der Waals surface area contributed by atoms with Crippen molar-refractivity contribution in [3.63, 3.8) is 0 Å². The summed E-state index contributed by atoms with van der Waals surface area (Å²) in [6, 6.07) is 6.53. The quantitative estimate of drug-likeness (QED) is 0.648. The predicted octanol–water partition coefficient (Wildman–Crippen LogP) is 1.60. The maximum atomic E-state index is 13.7. The van der Waals surface area contributed by atoms with Crippen LogP contribution < -0.4 is 10.6 Å². The van der Waals surface area contributed by atoms with Crippen LogP contribution in [-0.4, -0.2) is 45.8 Å². The fourth-order valence-corrected chi connectivity index (χ4v) is 6.01. The molecule has 2 saturated heterocycles. The smallest absolute Gasteiger partial charge is 0.303 e. The summed E-state index contributed by atoms with van der Waals surface area (Å²) < 4.78 is 0. The summed E-state index contributed by atoms with van der Waals surface area (Å²) in [5.41, 5.74) is -0.0425. The van der Waals surface area contributed by atoms with Gasteiger partial charge in [-0.1, -0.05) is 37.5 Å². The van der Waals surface area contributed by atoms with Crippen LogP contribution in [0.15, 0.2) is 24.3 Å². The van der Waals surface area contributed by atoms with Crippen molar-refractivity contribution in [2.75, 3.05) is 5.32 Å². The molecule has 1 aromatic rings. The molecule has 0 aromatic heterocycles. The Kier molecular flexibility index (Phi) is 4.43. The first kappa shape index (κ1) is 19.2. The lowest BCUT2D eigenvalue weighted by molar-refractivity contribution is -0.146. The number of carboxylic acid groups (broad SMARTS) is 1. The van der Waals surface area contributed by atoms with Gasteiger partial charge in [0.15, 0.2) is 0 Å². The number of carbonyl (C=O) groups excluding carboxylic acids is 3. The summed E-state index contributed by atoms with van der Waals surface area (Å²) in [6.45, 7) is 0. The second-order valence-corrected chi connectivity index (χ2v) is 8.83. The van der Waals surface area contributed by atoms with Crippen LogP contribution in [0.1, 0.15) is 50.5 Å². The van der Waals surface area contributed by atoms with Gasteiger partial charge in [0.2, 0.25) is 17.7 Å². The van der Waals surface area contributed by atoms with E-state index in [0.717, 1.165) is 32.1 Å². The van der Waals surface area contributed by atoms with Crippen LogP contribution in [-0.2, 0) is 24.7 Å². The molecule has 3 amide bonds. The Balaban J connectivity index is 1.59. The van der Waals surface area contributed by atoms with Crippen LogP contribution in [0.2, 0.25) is 0 Å². The number of para-hydroxylation sites is 1. The molecule has 3 aliphatic heterocycles. The Labute approximate surface area is 174 Å². The SMILES string of the molecule is O=C(O)CCC1NC2(C(=O)Nc3ccccc32)C2C(=O)N(C3CCCCC3)C(=O)C12. The minimum atomic E-state index is -1.33. The fourth-order valence-electron chi connectivity index (χ4n) is 6.01. The Morgan fingerprint density at radius 1 is 1.10 bits per heavy atom. The maximum Gasteiger partial charge on any atom is 0.303 e. The molecule has 1 saturated carbocycles. The number of rotatable bonds is 4. The monoisotopic (exact) mass is 411 g/mol. The number of carboxylic acids is 1. The predicted molar refractivity (Wildman–Crippen MR) is 106 cm³/mol. The first-order chi connectivity index (χ1) is 14.4. The maximum absolute atomic E-state index is 13.7. The standard InChI is InChI=1S/C22H25N3O5/c26-16(27)11-10-15-17-18(20(29)25(19(17)28)12-6-2-1-3-7-12)22(24-15)13-8-4-5-9-14(13)23-21(22)30/h4-5,8-9,12,15,17-18,24H,1-3,6-7,10-11H2,(H,23,30)(H,26,27). The molecule has 0 radical (unpaired) electrons. The van der Waals surface area contributed by atoms with E-state index in [1.165, 1.54) is 4.90 Å². The van der Waals surface area contributed by atoms with E-state index in [-0.39, 0.29) is 36.6 Å². The number of fused-ring (bicyclic) bond motifs is 4. The summed E-state index contributed by atoms with van der Waals surface area (Å²) in [5, 5.41) is 15.3. The summed E-state index contributed by atoms with van der Waals surface area (Å²) in [6.07, 6.45) is 4.69. The van der Waals surface area contributed by atoms with Crippen LogP contribution in [0, 0.1) is 11.8 Å². The molecule has 30 heavy (non-hydrogen) atoms. The lowest BCUT2D eigenvalue weighted by Crippen LogP contribution is -2.54. The number of benzene rings is 1. The Bertz CT molecular complexity index is 940. The molecule has 8 heteroatoms. The number of nitrogens with zero attached hydrogens (tertiary/aromatic N) is 1. The number of aliphatic carboxylic acids is 1. The fraction of sp³-hybridized carbons (Fsp3) is 0.545. The van der Waals surface area contributed by atoms with Gasteiger partial charge in [0.1, 0.15) is 5.54 Å². The normalized spacial score (nSPS) is 33.1. The molecule has 4 atom stereocenters. The molecule has 5 rings (SSSR count). The Hall–Kier alpha value is -2.74. The zero-order valence-corrected chi connectivity index (χ0v) is 16.6. The van der Waals surface area contributed by atoms with Gasteiger partial charge in [-0.3, -0.25) is 29.4 Å². The molecular formula is C22H25N3O5. The number of amides is 3. The van der Waals surface area contributed by atoms with Gasteiger partial charge >= 0.3 is 5.97 Å². The van der Waals surface area contributed by atoms with Crippen molar-refractivity contribution in [3.05, 3.63) is 29.8 Å². The molecule has 1 aromatic carbocycles. The highest BCUT2D eigenvalue weighted by Gasteiger charge is 2.70. The molecule has 8 nitrogen and oxygen atoms in total. The van der Waals surface area contributed by atoms with Crippen molar-refractivity contribution in [1.82, 2.24) is 10.2 Å². The van der Waals surface area contributed by atoms with Crippen LogP contribution >= 0.6 is 0 Å². The number of hydrogen-bond acceptors (Lipinski definition) is 5. The van der Waals surface area contributed by atoms with Gasteiger partial charge in [0, 0.05) is 29.8 Å². The number of carbonyl (C=O) groups is 4. The van der Waals surface area contributed by atoms with Crippen molar-refractivity contribution in [2.24, 2.45) is 11.8 Å². The minimum absolute atomic E-state index is 0.124. The van der Waals surface area contributed by atoms with E-state index in [0.29, 0.717) is 11.3 Å². The summed E-state index contributed by atoms with van der Waals surface area (Å²) in [5.74, 6) is -3.44. The van der Waals surface area contributed by atoms with Crippen molar-refractivity contribution >= 4 is 29.4 Å². The summed E-state index contributed by atoms with van der Waals surface area (Å²) in [4.78, 5) is 53.0. The number of anilines is 1. The number of nitrogens with one attached hydrogen (secondary N) is 2. The molecule has 1 aliphatic carbocycles. The molecule has 1 spiro atoms. The van der Waals surface area contributed by atoms with Crippen LogP contribution in [0.3, 0.4) is 0 Å². The second-order valence-electron chi connectivity index (χ2n) is 8.83. The number of hydrogen-bond donors (Lipinski definition) is 3. The zero-order chi connectivity index (χ0) is 21.0. The van der Waals surface area contributed by atoms with Crippen molar-refractivity contribution in [3.8, 4) is 0 Å². The molecule has 3 N–H and O–H groups in total. The van der Waals surface area contributed by atoms with Gasteiger partial charge in [-0.05, 0) is 25.3 Å². The van der Waals surface area contributed by atoms with Crippen LogP contribution in [0.25, 0.3) is 0 Å². The van der Waals surface area contributed by atoms with E-state index in [2.05, 4.69) is 10.6 Å². The van der Waals surface area contributed by atoms with Crippen molar-refractivity contribution in [2.45, 2.75) is 62.6 Å². The largest absolute Gasteiger partial charge is 0.481 e. The average molecular weight is 411 g/mol. The highest BCUT2D eigenvalue weighted by molar-refractivity contribution is 6.15. The third-order valence-corrected chi connectivity index (χ3v) is 7.27. The third kappa shape index (κ3) is 2.56. The van der Waals surface area contributed by atoms with Gasteiger partial charge < -0.3 is 10.4 Å². The van der Waals surface area contributed by atoms with E-state index < -0.39 is 29.4 Å². The molecule has 3 heterocycles. The molecular weight excluding hydrogens is 386 g/mol. The number of likely N-dealkylation sites (tertiary alicyclic amines) is 1. The van der Waals surface area contributed by atoms with Gasteiger partial charge in [0.25, 0.3) is 0 Å². The van der Waals surface area contributed by atoms with E-state index in [1.54, 1.807) is 12.1 Å². The molecule has 3 fully saturated rings. The molecule has 4 aliphatic rings. The second kappa shape index (κ2) is 6.91. The number of imide groups is 1. The first-order valence-corrected chi connectivity index (χ1v) is 10.7. The van der Waals surface area contributed by atoms with Gasteiger partial charge in [-0.15, -0.1) is 0 Å². The third-order valence-electron chi connectivity index (χ3n) is 7.27. The topological polar surface area (TPSA) is 116 Å². The van der Waals surface area contributed by atoms with E-state index >= 15 is 0 Å². The highest BCUT2D eigenvalue weighted by Crippen LogP contribution is 2.54. The zero-order valence-electron chi connectivity index (χ0n) is 16.6. The van der Waals surface area contributed by atoms with Gasteiger partial charge in [-0.25, -0.2) is 0 Å². The highest BCUT2D eigenvalue weighted by atomic mass is 16.4. The van der Waals surface area contributed by atoms with Crippen molar-refractivity contribution in [1.29, 1.82) is 0 Å². The molecule has 4 unspecified atom stereocenters. The Morgan fingerprint density at radius 2 is 1.83 bits per heavy atom. The van der Waals surface area contributed by atoms with Gasteiger partial charge in [-0.2, -0.15) is 0 Å². The van der Waals surface area contributed by atoms with E-state index in [1.807, 2.05) is 12.1 Å². The van der Waals surface area contributed by atoms with Crippen LogP contribution in [0.4, 0.5) is 5.69 Å². The Morgan fingerprint density at radius 3 is 2.57 bits per heavy atom. The lowest BCUT2D eigenvalue weighted by Gasteiger charge is -2.33. The minimum Gasteiger partial charge on any atom is -0.481 e. The molecule has 158 valence electrons. The van der Waals surface area contributed by atoms with Crippen molar-refractivity contribution < 1.29 is 24.3 Å². The summed E-state index contributed by atoms with van der Waals surface area (Å²) >= 11 is 0. The van der Waals surface area contributed by atoms with E-state index in [9.17, 15) is 24.3 Å². The van der Waals surface area contributed by atoms with Gasteiger partial charge in [0.05, 0.1) is 11.8 Å².